The molecule has 144 valence electrons. The van der Waals surface area contributed by atoms with Crippen molar-refractivity contribution in [2.24, 2.45) is 5.92 Å². The van der Waals surface area contributed by atoms with Gasteiger partial charge in [-0.1, -0.05) is 43.5 Å². The van der Waals surface area contributed by atoms with Crippen molar-refractivity contribution in [2.45, 2.75) is 63.7 Å². The summed E-state index contributed by atoms with van der Waals surface area (Å²) < 4.78 is 0. The van der Waals surface area contributed by atoms with Crippen molar-refractivity contribution >= 4 is 17.5 Å². The molecule has 2 fully saturated rings. The highest BCUT2D eigenvalue weighted by Crippen LogP contribution is 2.42. The second kappa shape index (κ2) is 9.23. The summed E-state index contributed by atoms with van der Waals surface area (Å²) in [7, 11) is 0. The van der Waals surface area contributed by atoms with Gasteiger partial charge in [-0.25, -0.2) is 0 Å². The van der Waals surface area contributed by atoms with Crippen molar-refractivity contribution in [3.63, 3.8) is 0 Å². The Morgan fingerprint density at radius 2 is 1.96 bits per heavy atom. The summed E-state index contributed by atoms with van der Waals surface area (Å²) in [6, 6.07) is 7.88. The van der Waals surface area contributed by atoms with Gasteiger partial charge < -0.3 is 10.2 Å². The minimum Gasteiger partial charge on any atom is -0.355 e. The van der Waals surface area contributed by atoms with E-state index in [2.05, 4.69) is 23.2 Å². The number of halogens is 1. The third-order valence-electron chi connectivity index (χ3n) is 6.33. The van der Waals surface area contributed by atoms with Crippen LogP contribution in [0.3, 0.4) is 0 Å². The van der Waals surface area contributed by atoms with Crippen LogP contribution in [-0.4, -0.2) is 37.0 Å². The number of hydrogen-bond donors (Lipinski definition) is 1. The van der Waals surface area contributed by atoms with Crippen molar-refractivity contribution in [2.75, 3.05) is 26.2 Å². The predicted molar refractivity (Wildman–Crippen MR) is 109 cm³/mol. The third-order valence-corrected chi connectivity index (χ3v) is 6.57. The topological polar surface area (TPSA) is 32.3 Å². The molecular formula is C22H33ClN2O. The van der Waals surface area contributed by atoms with Crippen molar-refractivity contribution < 1.29 is 4.79 Å². The Hall–Kier alpha value is -1.06. The molecule has 1 N–H and O–H groups in total. The maximum absolute atomic E-state index is 13.0. The number of unbranched alkanes of at least 4 members (excludes halogenated alkanes) is 1. The summed E-state index contributed by atoms with van der Waals surface area (Å²) in [5, 5.41) is 3.95. The smallest absolute Gasteiger partial charge is 0.230 e. The average molecular weight is 377 g/mol. The predicted octanol–water partition coefficient (Wildman–Crippen LogP) is 4.78. The number of benzene rings is 1. The number of rotatable bonds is 7. The van der Waals surface area contributed by atoms with Crippen LogP contribution in [-0.2, 0) is 10.2 Å². The fraction of sp³-hybridized carbons (Fsp3) is 0.682. The molecule has 3 rings (SSSR count). The number of amides is 1. The zero-order valence-corrected chi connectivity index (χ0v) is 16.9. The molecule has 1 aromatic carbocycles. The highest BCUT2D eigenvalue weighted by molar-refractivity contribution is 6.30. The van der Waals surface area contributed by atoms with Crippen LogP contribution in [0.15, 0.2) is 24.3 Å². The number of piperidine rings is 1. The van der Waals surface area contributed by atoms with Gasteiger partial charge in [-0.15, -0.1) is 0 Å². The lowest BCUT2D eigenvalue weighted by Crippen LogP contribution is -2.43. The first-order chi connectivity index (χ1) is 12.6. The Labute approximate surface area is 163 Å². The van der Waals surface area contributed by atoms with E-state index < -0.39 is 0 Å². The lowest BCUT2D eigenvalue weighted by molar-refractivity contribution is -0.126. The molecule has 1 heterocycles. The Morgan fingerprint density at radius 3 is 2.65 bits per heavy atom. The summed E-state index contributed by atoms with van der Waals surface area (Å²) >= 11 is 6.18. The molecule has 1 aliphatic carbocycles. The first-order valence-corrected chi connectivity index (χ1v) is 10.7. The number of nitrogens with one attached hydrogen (secondary N) is 1. The normalized spacial score (nSPS) is 21.0. The Balaban J connectivity index is 1.45. The molecule has 4 heteroatoms. The van der Waals surface area contributed by atoms with E-state index in [0.29, 0.717) is 0 Å². The quantitative estimate of drug-likeness (QED) is 0.694. The minimum absolute atomic E-state index is 0.198. The van der Waals surface area contributed by atoms with E-state index in [4.69, 9.17) is 11.6 Å². The van der Waals surface area contributed by atoms with E-state index in [1.54, 1.807) is 0 Å². The maximum atomic E-state index is 13.0. The van der Waals surface area contributed by atoms with Crippen LogP contribution in [0.25, 0.3) is 0 Å². The van der Waals surface area contributed by atoms with Crippen LogP contribution in [0, 0.1) is 5.92 Å². The molecule has 1 aliphatic heterocycles. The summed E-state index contributed by atoms with van der Waals surface area (Å²) in [4.78, 5) is 15.6. The number of likely N-dealkylation sites (tertiary alicyclic amines) is 1. The first-order valence-electron chi connectivity index (χ1n) is 10.4. The van der Waals surface area contributed by atoms with Crippen LogP contribution in [0.2, 0.25) is 5.02 Å². The molecule has 1 saturated carbocycles. The van der Waals surface area contributed by atoms with Crippen LogP contribution >= 0.6 is 11.6 Å². The molecule has 0 spiro atoms. The average Bonchev–Trinajstić information content (AvgIpc) is 3.14. The summed E-state index contributed by atoms with van der Waals surface area (Å²) in [6.45, 7) is 6.79. The van der Waals surface area contributed by atoms with Crippen LogP contribution < -0.4 is 5.32 Å². The van der Waals surface area contributed by atoms with Gasteiger partial charge in [-0.3, -0.25) is 4.79 Å². The van der Waals surface area contributed by atoms with Crippen molar-refractivity contribution in [1.82, 2.24) is 10.2 Å². The lowest BCUT2D eigenvalue weighted by atomic mass is 9.78. The fourth-order valence-corrected chi connectivity index (χ4v) is 4.72. The summed E-state index contributed by atoms with van der Waals surface area (Å²) in [5.74, 6) is 1.09. The number of carbonyl (C=O) groups excluding carboxylic acids is 1. The van der Waals surface area contributed by atoms with E-state index in [9.17, 15) is 4.79 Å². The van der Waals surface area contributed by atoms with E-state index in [1.165, 1.54) is 38.9 Å². The largest absolute Gasteiger partial charge is 0.355 e. The fourth-order valence-electron chi connectivity index (χ4n) is 4.53. The third kappa shape index (κ3) is 4.80. The van der Waals surface area contributed by atoms with Gasteiger partial charge in [0.1, 0.15) is 0 Å². The zero-order chi connectivity index (χ0) is 18.4. The van der Waals surface area contributed by atoms with E-state index in [1.807, 2.05) is 18.2 Å². The van der Waals surface area contributed by atoms with Gasteiger partial charge in [0.2, 0.25) is 5.91 Å². The molecule has 2 aliphatic rings. The highest BCUT2D eigenvalue weighted by Gasteiger charge is 2.42. The maximum Gasteiger partial charge on any atom is 0.230 e. The second-order valence-corrected chi connectivity index (χ2v) is 8.72. The molecule has 0 bridgehead atoms. The van der Waals surface area contributed by atoms with Gasteiger partial charge in [0.15, 0.2) is 0 Å². The van der Waals surface area contributed by atoms with E-state index in [-0.39, 0.29) is 11.3 Å². The molecule has 1 amide bonds. The van der Waals surface area contributed by atoms with Crippen LogP contribution in [0.1, 0.15) is 63.9 Å². The standard InChI is InChI=1S/C22H33ClN2O/c1-18-9-15-25(16-10-18)14-5-4-13-24-21(26)22(11-2-3-12-22)19-7-6-8-20(23)17-19/h6-8,17-18H,2-5,9-16H2,1H3,(H,24,26). The molecular weight excluding hydrogens is 344 g/mol. The first kappa shape index (κ1) is 19.7. The lowest BCUT2D eigenvalue weighted by Gasteiger charge is -2.30. The molecule has 1 aromatic rings. The van der Waals surface area contributed by atoms with Crippen LogP contribution in [0.5, 0.6) is 0 Å². The molecule has 0 aromatic heterocycles. The highest BCUT2D eigenvalue weighted by atomic mass is 35.5. The van der Waals surface area contributed by atoms with Crippen LogP contribution in [0.4, 0.5) is 0 Å². The molecule has 1 saturated heterocycles. The Kier molecular flexibility index (Phi) is 6.99. The van der Waals surface area contributed by atoms with E-state index in [0.717, 1.165) is 55.2 Å². The summed E-state index contributed by atoms with van der Waals surface area (Å²) in [6.07, 6.45) is 9.00. The Bertz CT molecular complexity index is 590. The number of hydrogen-bond acceptors (Lipinski definition) is 2. The van der Waals surface area contributed by atoms with Gasteiger partial charge >= 0.3 is 0 Å². The molecule has 0 radical (unpaired) electrons. The van der Waals surface area contributed by atoms with Crippen molar-refractivity contribution in [1.29, 1.82) is 0 Å². The molecule has 3 nitrogen and oxygen atoms in total. The molecule has 0 atom stereocenters. The minimum atomic E-state index is -0.367. The van der Waals surface area contributed by atoms with Crippen molar-refractivity contribution in [3.05, 3.63) is 34.9 Å². The van der Waals surface area contributed by atoms with Gasteiger partial charge in [-0.05, 0) is 81.8 Å². The molecule has 0 unspecified atom stereocenters. The number of carbonyl (C=O) groups is 1. The van der Waals surface area contributed by atoms with Gasteiger partial charge in [0, 0.05) is 11.6 Å². The zero-order valence-electron chi connectivity index (χ0n) is 16.1. The van der Waals surface area contributed by atoms with Crippen molar-refractivity contribution in [3.8, 4) is 0 Å². The summed E-state index contributed by atoms with van der Waals surface area (Å²) in [5.41, 5.74) is 0.718. The monoisotopic (exact) mass is 376 g/mol. The van der Waals surface area contributed by atoms with Gasteiger partial charge in [-0.2, -0.15) is 0 Å². The number of nitrogens with zero attached hydrogens (tertiary/aromatic N) is 1. The second-order valence-electron chi connectivity index (χ2n) is 8.29. The van der Waals surface area contributed by atoms with Gasteiger partial charge in [0.25, 0.3) is 0 Å². The van der Waals surface area contributed by atoms with Gasteiger partial charge in [0.05, 0.1) is 5.41 Å². The Morgan fingerprint density at radius 1 is 1.23 bits per heavy atom. The van der Waals surface area contributed by atoms with E-state index >= 15 is 0 Å². The molecule has 26 heavy (non-hydrogen) atoms. The SMILES string of the molecule is CC1CCN(CCCCNC(=O)C2(c3cccc(Cl)c3)CCCC2)CC1.